The molecule has 0 radical (unpaired) electrons. The molecule has 10 nitrogen and oxygen atoms in total. The first-order valence-electron chi connectivity index (χ1n) is 4.13. The van der Waals surface area contributed by atoms with Crippen molar-refractivity contribution in [3.63, 3.8) is 0 Å². The molecular weight excluding hydrogens is 252 g/mol. The number of imidazole rings is 1. The fourth-order valence-corrected chi connectivity index (χ4v) is 1.31. The van der Waals surface area contributed by atoms with Gasteiger partial charge in [0, 0.05) is 0 Å². The molecule has 11 heteroatoms. The second-order valence-electron chi connectivity index (χ2n) is 3.03. The fourth-order valence-electron chi connectivity index (χ4n) is 1.17. The second kappa shape index (κ2) is 3.53. The van der Waals surface area contributed by atoms with E-state index in [9.17, 15) is 4.79 Å². The Morgan fingerprint density at radius 2 is 2.12 bits per heavy atom. The summed E-state index contributed by atoms with van der Waals surface area (Å²) in [7, 11) is 0. The minimum Gasteiger partial charge on any atom is -0.388 e. The minimum absolute atomic E-state index is 0.0506. The summed E-state index contributed by atoms with van der Waals surface area (Å²) in [5.41, 5.74) is 4.27. The number of nitrogens with two attached hydrogens (primary N) is 1. The average molecular weight is 258 g/mol. The van der Waals surface area contributed by atoms with E-state index in [1.54, 1.807) is 0 Å². The number of rotatable bonds is 2. The summed E-state index contributed by atoms with van der Waals surface area (Å²) in [5, 5.41) is 33.1. The molecule has 0 aliphatic carbocycles. The first-order chi connectivity index (χ1) is 7.82. The highest BCUT2D eigenvalue weighted by molar-refractivity contribution is 7.80. The summed E-state index contributed by atoms with van der Waals surface area (Å²) in [5.74, 6) is 0. The van der Waals surface area contributed by atoms with Crippen LogP contribution in [0.1, 0.15) is 5.69 Å². The zero-order chi connectivity index (χ0) is 12.8. The highest BCUT2D eigenvalue weighted by Gasteiger charge is 2.27. The van der Waals surface area contributed by atoms with Crippen molar-refractivity contribution in [1.82, 2.24) is 24.4 Å². The van der Waals surface area contributed by atoms with E-state index in [1.165, 1.54) is 0 Å². The number of aromatic nitrogens is 5. The average Bonchev–Trinajstić information content (AvgIpc) is 2.60. The van der Waals surface area contributed by atoms with E-state index >= 15 is 0 Å². The summed E-state index contributed by atoms with van der Waals surface area (Å²) >= 11 is 4.67. The van der Waals surface area contributed by atoms with Gasteiger partial charge in [0.25, 0.3) is 0 Å². The minimum atomic E-state index is -3.45. The van der Waals surface area contributed by atoms with Crippen LogP contribution in [-0.4, -0.2) is 44.7 Å². The lowest BCUT2D eigenvalue weighted by Gasteiger charge is -2.13. The quantitative estimate of drug-likeness (QED) is 0.317. The molecule has 0 saturated heterocycles. The molecule has 0 aromatic carbocycles. The third-order valence-electron chi connectivity index (χ3n) is 1.88. The lowest BCUT2D eigenvalue weighted by Crippen LogP contribution is -2.45. The van der Waals surface area contributed by atoms with Gasteiger partial charge < -0.3 is 21.1 Å². The molecule has 0 spiro atoms. The topological polar surface area (TPSA) is 152 Å². The Morgan fingerprint density at radius 3 is 2.65 bits per heavy atom. The van der Waals surface area contributed by atoms with Gasteiger partial charge in [-0.2, -0.15) is 0 Å². The van der Waals surface area contributed by atoms with Gasteiger partial charge in [-0.25, -0.2) is 14.2 Å². The number of aliphatic hydroxyl groups is 3. The first kappa shape index (κ1) is 11.5. The molecule has 0 unspecified atom stereocenters. The predicted molar refractivity (Wildman–Crippen MR) is 55.6 cm³/mol. The van der Waals surface area contributed by atoms with E-state index < -0.39 is 11.8 Å². The van der Waals surface area contributed by atoms with E-state index in [4.69, 9.17) is 21.1 Å². The SMILES string of the molecule is NC(=S)c1ncn2c(=O)n(C(O)(O)O)nnc12. The van der Waals surface area contributed by atoms with Crippen LogP contribution < -0.4 is 11.4 Å². The van der Waals surface area contributed by atoms with E-state index in [-0.39, 0.29) is 21.0 Å². The van der Waals surface area contributed by atoms with Crippen molar-refractivity contribution in [3.8, 4) is 0 Å². The van der Waals surface area contributed by atoms with Gasteiger partial charge in [0.15, 0.2) is 5.65 Å². The first-order valence-corrected chi connectivity index (χ1v) is 4.53. The zero-order valence-corrected chi connectivity index (χ0v) is 8.87. The zero-order valence-electron chi connectivity index (χ0n) is 8.05. The number of hydrogen-bond acceptors (Lipinski definition) is 8. The lowest BCUT2D eigenvalue weighted by atomic mass is 10.4. The summed E-state index contributed by atoms with van der Waals surface area (Å²) in [6.45, 7) is 0. The monoisotopic (exact) mass is 258 g/mol. The van der Waals surface area contributed by atoms with Crippen LogP contribution in [0, 0.1) is 0 Å². The molecule has 2 rings (SSSR count). The van der Waals surface area contributed by atoms with Crippen LogP contribution in [0.15, 0.2) is 11.1 Å². The molecule has 0 bridgehead atoms. The van der Waals surface area contributed by atoms with Crippen molar-refractivity contribution in [2.45, 2.75) is 6.10 Å². The Kier molecular flexibility index (Phi) is 2.39. The number of hydrogen-bond donors (Lipinski definition) is 4. The van der Waals surface area contributed by atoms with Crippen LogP contribution >= 0.6 is 12.2 Å². The van der Waals surface area contributed by atoms with Gasteiger partial charge in [-0.15, -0.1) is 9.78 Å². The molecule has 0 amide bonds. The van der Waals surface area contributed by atoms with Crippen molar-refractivity contribution in [2.75, 3.05) is 0 Å². The van der Waals surface area contributed by atoms with Crippen LogP contribution in [0.3, 0.4) is 0 Å². The fraction of sp³-hybridized carbons (Fsp3) is 0.167. The molecule has 2 heterocycles. The summed E-state index contributed by atoms with van der Waals surface area (Å²) in [6.07, 6.45) is -2.44. The maximum Gasteiger partial charge on any atom is 0.394 e. The maximum absolute atomic E-state index is 11.6. The highest BCUT2D eigenvalue weighted by atomic mass is 32.1. The van der Waals surface area contributed by atoms with Crippen molar-refractivity contribution in [1.29, 1.82) is 0 Å². The molecule has 0 aliphatic rings. The molecule has 5 N–H and O–H groups in total. The molecule has 0 fully saturated rings. The summed E-state index contributed by atoms with van der Waals surface area (Å²) < 4.78 is 0.754. The van der Waals surface area contributed by atoms with E-state index in [0.29, 0.717) is 0 Å². The Labute approximate surface area is 97.5 Å². The van der Waals surface area contributed by atoms with Crippen LogP contribution in [0.2, 0.25) is 0 Å². The van der Waals surface area contributed by atoms with E-state index in [2.05, 4.69) is 27.5 Å². The Hall–Kier alpha value is -1.95. The normalized spacial score (nSPS) is 11.9. The van der Waals surface area contributed by atoms with Crippen molar-refractivity contribution >= 4 is 22.9 Å². The van der Waals surface area contributed by atoms with Gasteiger partial charge in [-0.1, -0.05) is 17.4 Å². The second-order valence-corrected chi connectivity index (χ2v) is 3.47. The highest BCUT2D eigenvalue weighted by Crippen LogP contribution is 2.03. The van der Waals surface area contributed by atoms with Gasteiger partial charge >= 0.3 is 11.8 Å². The van der Waals surface area contributed by atoms with Crippen molar-refractivity contribution < 1.29 is 15.3 Å². The molecule has 2 aromatic rings. The largest absolute Gasteiger partial charge is 0.394 e. The van der Waals surface area contributed by atoms with Crippen molar-refractivity contribution in [2.24, 2.45) is 5.73 Å². The Morgan fingerprint density at radius 1 is 1.47 bits per heavy atom. The summed E-state index contributed by atoms with van der Waals surface area (Å²) in [4.78, 5) is 15.3. The molecule has 2 aromatic heterocycles. The molecule has 0 saturated carbocycles. The predicted octanol–water partition coefficient (Wildman–Crippen LogP) is -3.54. The molecule has 0 aliphatic heterocycles. The maximum atomic E-state index is 11.6. The molecule has 17 heavy (non-hydrogen) atoms. The smallest absolute Gasteiger partial charge is 0.388 e. The van der Waals surface area contributed by atoms with Gasteiger partial charge in [-0.3, -0.25) is 0 Å². The molecular formula is C6H6N6O4S. The van der Waals surface area contributed by atoms with Crippen LogP contribution in [0.5, 0.6) is 0 Å². The third kappa shape index (κ3) is 1.76. The van der Waals surface area contributed by atoms with Gasteiger partial charge in [0.2, 0.25) is 0 Å². The van der Waals surface area contributed by atoms with Crippen molar-refractivity contribution in [3.05, 3.63) is 22.5 Å². The Bertz CT molecular complexity index is 655. The molecule has 90 valence electrons. The van der Waals surface area contributed by atoms with Crippen LogP contribution in [0.4, 0.5) is 0 Å². The van der Waals surface area contributed by atoms with Crippen LogP contribution in [0.25, 0.3) is 5.65 Å². The van der Waals surface area contributed by atoms with E-state index in [0.717, 1.165) is 10.7 Å². The number of thiocarbonyl (C=S) groups is 1. The van der Waals surface area contributed by atoms with Gasteiger partial charge in [0.1, 0.15) is 17.0 Å². The number of nitrogens with zero attached hydrogens (tertiary/aromatic N) is 5. The Balaban J connectivity index is 2.80. The van der Waals surface area contributed by atoms with Gasteiger partial charge in [-0.05, 0) is 0 Å². The van der Waals surface area contributed by atoms with E-state index in [1.807, 2.05) is 0 Å². The standard InChI is InChI=1S/C6H6N6O4S/c7-3(17)2-4-9-10-12(6(14,15)16)5(13)11(4)1-8-2/h1,14-16H,(H2,7,17). The molecule has 0 atom stereocenters. The van der Waals surface area contributed by atoms with Gasteiger partial charge in [0.05, 0.1) is 0 Å². The third-order valence-corrected chi connectivity index (χ3v) is 2.07. The van der Waals surface area contributed by atoms with Crippen LogP contribution in [-0.2, 0) is 6.10 Å². The number of fused-ring (bicyclic) bond motifs is 1. The lowest BCUT2D eigenvalue weighted by molar-refractivity contribution is -0.384. The summed E-state index contributed by atoms with van der Waals surface area (Å²) in [6, 6.07) is 0.